The lowest BCUT2D eigenvalue weighted by atomic mass is 9.76. The van der Waals surface area contributed by atoms with E-state index >= 15 is 0 Å². The average molecular weight is 372 g/mol. The van der Waals surface area contributed by atoms with Gasteiger partial charge in [0.2, 0.25) is 0 Å². The molecule has 0 heterocycles. The highest BCUT2D eigenvalue weighted by atomic mass is 19.1. The average Bonchev–Trinajstić information content (AvgIpc) is 2.55. The fraction of sp³-hybridized carbons (Fsp3) is 0.435. The van der Waals surface area contributed by atoms with E-state index in [0.29, 0.717) is 5.56 Å². The Balaban J connectivity index is 2.79. The number of phenols is 1. The highest BCUT2D eigenvalue weighted by Crippen LogP contribution is 2.42. The van der Waals surface area contributed by atoms with E-state index in [1.807, 2.05) is 53.7 Å². The largest absolute Gasteiger partial charge is 0.507 e. The molecule has 2 aromatic carbocycles. The summed E-state index contributed by atoms with van der Waals surface area (Å²) in [5.74, 6) is -1.23. The summed E-state index contributed by atoms with van der Waals surface area (Å²) in [5.41, 5.74) is 2.27. The fourth-order valence-corrected chi connectivity index (χ4v) is 3.20. The fourth-order valence-electron chi connectivity index (χ4n) is 3.20. The predicted octanol–water partition coefficient (Wildman–Crippen LogP) is 5.43. The van der Waals surface area contributed by atoms with E-state index in [1.165, 1.54) is 19.2 Å². The highest BCUT2D eigenvalue weighted by molar-refractivity contribution is 5.82. The maximum atomic E-state index is 13.4. The van der Waals surface area contributed by atoms with Crippen molar-refractivity contribution in [3.63, 3.8) is 0 Å². The topological polar surface area (TPSA) is 46.5 Å². The monoisotopic (exact) mass is 372 g/mol. The number of carbonyl (C=O) groups is 1. The van der Waals surface area contributed by atoms with Gasteiger partial charge in [0.05, 0.1) is 7.11 Å². The first-order valence-electron chi connectivity index (χ1n) is 9.07. The zero-order valence-corrected chi connectivity index (χ0v) is 17.2. The van der Waals surface area contributed by atoms with Gasteiger partial charge in [-0.15, -0.1) is 0 Å². The van der Waals surface area contributed by atoms with Crippen LogP contribution in [-0.2, 0) is 20.4 Å². The number of rotatable bonds is 3. The molecule has 146 valence electrons. The van der Waals surface area contributed by atoms with Crippen molar-refractivity contribution < 1.29 is 19.0 Å². The molecule has 0 saturated heterocycles. The first-order valence-corrected chi connectivity index (χ1v) is 9.07. The van der Waals surface area contributed by atoms with Crippen molar-refractivity contribution in [1.82, 2.24) is 0 Å². The van der Waals surface area contributed by atoms with Crippen LogP contribution in [0.4, 0.5) is 4.39 Å². The van der Waals surface area contributed by atoms with Gasteiger partial charge < -0.3 is 9.84 Å². The number of ether oxygens (including phenoxy) is 1. The van der Waals surface area contributed by atoms with Crippen molar-refractivity contribution >= 4 is 5.97 Å². The van der Waals surface area contributed by atoms with Gasteiger partial charge in [0.25, 0.3) is 0 Å². The molecule has 2 aromatic rings. The lowest BCUT2D eigenvalue weighted by Gasteiger charge is -2.29. The van der Waals surface area contributed by atoms with Gasteiger partial charge in [-0.05, 0) is 45.2 Å². The third-order valence-electron chi connectivity index (χ3n) is 4.72. The summed E-state index contributed by atoms with van der Waals surface area (Å²) in [5, 5.41) is 10.9. The molecule has 0 fully saturated rings. The van der Waals surface area contributed by atoms with Gasteiger partial charge in [0, 0.05) is 0 Å². The van der Waals surface area contributed by atoms with Gasteiger partial charge >= 0.3 is 5.97 Å². The Kier molecular flexibility index (Phi) is 5.69. The minimum Gasteiger partial charge on any atom is -0.507 e. The van der Waals surface area contributed by atoms with Crippen LogP contribution in [0.1, 0.15) is 69.7 Å². The number of hydrogen-bond donors (Lipinski definition) is 1. The zero-order valence-electron chi connectivity index (χ0n) is 17.2. The van der Waals surface area contributed by atoms with Crippen LogP contribution in [0.15, 0.2) is 36.4 Å². The van der Waals surface area contributed by atoms with E-state index in [9.17, 15) is 14.3 Å². The minimum absolute atomic E-state index is 0.251. The van der Waals surface area contributed by atoms with Crippen LogP contribution >= 0.6 is 0 Å². The smallest absolute Gasteiger partial charge is 0.317 e. The Morgan fingerprint density at radius 3 is 1.74 bits per heavy atom. The molecule has 0 amide bonds. The second kappa shape index (κ2) is 7.34. The molecular weight excluding hydrogens is 343 g/mol. The summed E-state index contributed by atoms with van der Waals surface area (Å²) in [6, 6.07) is 9.57. The Bertz CT molecular complexity index is 789. The quantitative estimate of drug-likeness (QED) is 0.731. The van der Waals surface area contributed by atoms with Crippen LogP contribution in [0.2, 0.25) is 0 Å². The van der Waals surface area contributed by atoms with Crippen molar-refractivity contribution in [3.05, 3.63) is 64.5 Å². The number of benzene rings is 2. The third kappa shape index (κ3) is 4.49. The van der Waals surface area contributed by atoms with Gasteiger partial charge in [-0.25, -0.2) is 4.39 Å². The summed E-state index contributed by atoms with van der Waals surface area (Å²) < 4.78 is 18.4. The third-order valence-corrected chi connectivity index (χ3v) is 4.72. The van der Waals surface area contributed by atoms with Crippen molar-refractivity contribution in [2.24, 2.45) is 0 Å². The van der Waals surface area contributed by atoms with E-state index in [2.05, 4.69) is 0 Å². The molecular formula is C23H29FO3. The molecule has 0 radical (unpaired) electrons. The number of phenolic OH excluding ortho intramolecular Hbond substituents is 1. The predicted molar refractivity (Wildman–Crippen MR) is 106 cm³/mol. The van der Waals surface area contributed by atoms with Gasteiger partial charge in [0.1, 0.15) is 17.5 Å². The van der Waals surface area contributed by atoms with E-state index in [0.717, 1.165) is 16.7 Å². The first kappa shape index (κ1) is 20.9. The van der Waals surface area contributed by atoms with Gasteiger partial charge in [0.15, 0.2) is 0 Å². The maximum absolute atomic E-state index is 13.4. The lowest BCUT2D eigenvalue weighted by Crippen LogP contribution is -2.21. The van der Waals surface area contributed by atoms with E-state index in [4.69, 9.17) is 4.74 Å². The summed E-state index contributed by atoms with van der Waals surface area (Å²) in [4.78, 5) is 12.6. The minimum atomic E-state index is -0.696. The number of methoxy groups -OCH3 is 1. The van der Waals surface area contributed by atoms with Crippen LogP contribution in [0.25, 0.3) is 0 Å². The SMILES string of the molecule is COC(=O)C(c1ccc(F)cc1)c1cc(C(C)(C)C)c(O)c(C(C)(C)C)c1. The van der Waals surface area contributed by atoms with Crippen LogP contribution < -0.4 is 0 Å². The maximum Gasteiger partial charge on any atom is 0.317 e. The molecule has 0 aromatic heterocycles. The Hall–Kier alpha value is -2.36. The molecule has 0 bridgehead atoms. The molecule has 1 N–H and O–H groups in total. The highest BCUT2D eigenvalue weighted by Gasteiger charge is 2.31. The Labute approximate surface area is 161 Å². The van der Waals surface area contributed by atoms with Crippen LogP contribution in [-0.4, -0.2) is 18.2 Å². The number of carbonyl (C=O) groups excluding carboxylic acids is 1. The molecule has 0 saturated carbocycles. The Morgan fingerprint density at radius 2 is 1.37 bits per heavy atom. The second-order valence-corrected chi connectivity index (χ2v) is 8.97. The number of hydrogen-bond acceptors (Lipinski definition) is 3. The lowest BCUT2D eigenvalue weighted by molar-refractivity contribution is -0.141. The summed E-state index contributed by atoms with van der Waals surface area (Å²) >= 11 is 0. The van der Waals surface area contributed by atoms with Gasteiger partial charge in [-0.2, -0.15) is 0 Å². The van der Waals surface area contributed by atoms with Crippen molar-refractivity contribution in [2.75, 3.05) is 7.11 Å². The second-order valence-electron chi connectivity index (χ2n) is 8.97. The molecule has 1 unspecified atom stereocenters. The number of aromatic hydroxyl groups is 1. The van der Waals surface area contributed by atoms with Crippen LogP contribution in [0.5, 0.6) is 5.75 Å². The van der Waals surface area contributed by atoms with E-state index in [1.54, 1.807) is 12.1 Å². The zero-order chi connectivity index (χ0) is 20.6. The number of halogens is 1. The first-order chi connectivity index (χ1) is 12.4. The van der Waals surface area contributed by atoms with Crippen LogP contribution in [0, 0.1) is 5.82 Å². The number of esters is 1. The van der Waals surface area contributed by atoms with Crippen molar-refractivity contribution in [2.45, 2.75) is 58.3 Å². The molecule has 27 heavy (non-hydrogen) atoms. The van der Waals surface area contributed by atoms with E-state index < -0.39 is 11.9 Å². The van der Waals surface area contributed by atoms with Crippen molar-refractivity contribution in [1.29, 1.82) is 0 Å². The molecule has 0 aliphatic heterocycles. The normalized spacial score (nSPS) is 13.3. The van der Waals surface area contributed by atoms with Gasteiger partial charge in [-0.3, -0.25) is 4.79 Å². The van der Waals surface area contributed by atoms with E-state index in [-0.39, 0.29) is 22.4 Å². The molecule has 4 heteroatoms. The van der Waals surface area contributed by atoms with Crippen molar-refractivity contribution in [3.8, 4) is 5.75 Å². The summed E-state index contributed by atoms with van der Waals surface area (Å²) in [6.45, 7) is 12.1. The standard InChI is InChI=1S/C23H29FO3/c1-22(2,3)17-12-15(13-18(20(17)25)23(4,5)6)19(21(26)27-7)14-8-10-16(24)11-9-14/h8-13,19,25H,1-7H3. The molecule has 0 aliphatic carbocycles. The van der Waals surface area contributed by atoms with Crippen LogP contribution in [0.3, 0.4) is 0 Å². The van der Waals surface area contributed by atoms with Gasteiger partial charge in [-0.1, -0.05) is 65.8 Å². The summed E-state index contributed by atoms with van der Waals surface area (Å²) in [7, 11) is 1.34. The molecule has 0 spiro atoms. The molecule has 1 atom stereocenters. The molecule has 3 nitrogen and oxygen atoms in total. The Morgan fingerprint density at radius 1 is 0.926 bits per heavy atom. The summed E-state index contributed by atoms with van der Waals surface area (Å²) in [6.07, 6.45) is 0. The molecule has 0 aliphatic rings. The molecule has 2 rings (SSSR count).